The molecule has 5 rings (SSSR count). The number of thiophene rings is 2. The van der Waals surface area contributed by atoms with Crippen LogP contribution in [0.2, 0.25) is 0 Å². The van der Waals surface area contributed by atoms with Crippen LogP contribution < -0.4 is 0 Å². The first-order chi connectivity index (χ1) is 9.69. The van der Waals surface area contributed by atoms with Gasteiger partial charge in [-0.05, 0) is 84.3 Å². The van der Waals surface area contributed by atoms with E-state index in [2.05, 4.69) is 38.1 Å². The van der Waals surface area contributed by atoms with Gasteiger partial charge in [-0.1, -0.05) is 0 Å². The predicted octanol–water partition coefficient (Wildman–Crippen LogP) is 5.57. The number of aryl methyl sites for hydroxylation is 2. The van der Waals surface area contributed by atoms with Gasteiger partial charge in [0.05, 0.1) is 0 Å². The number of benzene rings is 1. The molecule has 1 aromatic carbocycles. The fraction of sp³-hybridized carbons (Fsp3) is 0.222. The predicted molar refractivity (Wildman–Crippen MR) is 88.2 cm³/mol. The Kier molecular flexibility index (Phi) is 2.05. The van der Waals surface area contributed by atoms with E-state index in [4.69, 9.17) is 0 Å². The Labute approximate surface area is 126 Å². The first-order valence-corrected chi connectivity index (χ1v) is 8.67. The van der Waals surface area contributed by atoms with Gasteiger partial charge in [0.1, 0.15) is 0 Å². The van der Waals surface area contributed by atoms with Crippen LogP contribution in [0.1, 0.15) is 32.0 Å². The minimum absolute atomic E-state index is 1.13. The van der Waals surface area contributed by atoms with E-state index in [1.165, 1.54) is 52.9 Å². The highest BCUT2D eigenvalue weighted by Crippen LogP contribution is 2.49. The quantitative estimate of drug-likeness (QED) is 0.350. The van der Waals surface area contributed by atoms with Gasteiger partial charge in [-0.3, -0.25) is 0 Å². The van der Waals surface area contributed by atoms with E-state index >= 15 is 0 Å². The van der Waals surface area contributed by atoms with Crippen LogP contribution in [0.5, 0.6) is 0 Å². The summed E-state index contributed by atoms with van der Waals surface area (Å²) in [6.07, 6.45) is 2.25. The monoisotopic (exact) mass is 294 g/mol. The van der Waals surface area contributed by atoms with Gasteiger partial charge in [-0.15, -0.1) is 22.7 Å². The maximum absolute atomic E-state index is 2.47. The van der Waals surface area contributed by atoms with Gasteiger partial charge < -0.3 is 0 Å². The molecule has 0 spiro atoms. The molecule has 0 unspecified atom stereocenters. The molecule has 0 nitrogen and oxygen atoms in total. The summed E-state index contributed by atoms with van der Waals surface area (Å²) in [6.45, 7) is 4.44. The second kappa shape index (κ2) is 3.63. The van der Waals surface area contributed by atoms with E-state index in [1.807, 2.05) is 22.7 Å². The first kappa shape index (κ1) is 11.3. The Morgan fingerprint density at radius 2 is 1.10 bits per heavy atom. The molecule has 0 radical (unpaired) electrons. The van der Waals surface area contributed by atoms with Gasteiger partial charge in [0.2, 0.25) is 0 Å². The normalized spacial score (nSPS) is 14.1. The third-order valence-corrected chi connectivity index (χ3v) is 6.70. The van der Waals surface area contributed by atoms with Crippen LogP contribution in [0.25, 0.3) is 20.9 Å². The summed E-state index contributed by atoms with van der Waals surface area (Å²) in [4.78, 5) is 5.92. The lowest BCUT2D eigenvalue weighted by Gasteiger charge is -2.05. The van der Waals surface area contributed by atoms with E-state index < -0.39 is 0 Å². The average Bonchev–Trinajstić information content (AvgIpc) is 3.06. The van der Waals surface area contributed by atoms with Gasteiger partial charge in [-0.25, -0.2) is 0 Å². The fourth-order valence-corrected chi connectivity index (χ4v) is 5.84. The molecule has 0 saturated carbocycles. The molecule has 0 fully saturated rings. The van der Waals surface area contributed by atoms with Crippen molar-refractivity contribution in [3.8, 4) is 20.9 Å². The number of rotatable bonds is 0. The molecule has 3 aromatic rings. The molecule has 2 aliphatic rings. The first-order valence-electron chi connectivity index (χ1n) is 7.04. The third-order valence-electron chi connectivity index (χ3n) is 4.44. The smallest absolute Gasteiger partial charge is 0.0383 e. The van der Waals surface area contributed by atoms with Crippen molar-refractivity contribution < 1.29 is 0 Å². The molecule has 0 aliphatic heterocycles. The van der Waals surface area contributed by atoms with Crippen LogP contribution >= 0.6 is 22.7 Å². The molecule has 2 aliphatic carbocycles. The summed E-state index contributed by atoms with van der Waals surface area (Å²) in [5.74, 6) is 0. The highest BCUT2D eigenvalue weighted by atomic mass is 32.1. The third kappa shape index (κ3) is 1.36. The molecule has 2 aromatic heterocycles. The van der Waals surface area contributed by atoms with Crippen molar-refractivity contribution in [1.82, 2.24) is 0 Å². The summed E-state index contributed by atoms with van der Waals surface area (Å²) >= 11 is 3.91. The zero-order valence-corrected chi connectivity index (χ0v) is 13.2. The van der Waals surface area contributed by atoms with Crippen molar-refractivity contribution in [2.24, 2.45) is 0 Å². The minimum atomic E-state index is 1.13. The Balaban J connectivity index is 1.74. The van der Waals surface area contributed by atoms with Crippen LogP contribution in [0.15, 0.2) is 24.3 Å². The Morgan fingerprint density at radius 3 is 1.55 bits per heavy atom. The molecule has 98 valence electrons. The van der Waals surface area contributed by atoms with Crippen molar-refractivity contribution in [3.63, 3.8) is 0 Å². The molecule has 0 N–H and O–H groups in total. The van der Waals surface area contributed by atoms with E-state index in [0.717, 1.165) is 12.8 Å². The molecule has 0 amide bonds. The van der Waals surface area contributed by atoms with Gasteiger partial charge >= 0.3 is 0 Å². The van der Waals surface area contributed by atoms with Gasteiger partial charge in [0.15, 0.2) is 0 Å². The van der Waals surface area contributed by atoms with Gasteiger partial charge in [0.25, 0.3) is 0 Å². The maximum atomic E-state index is 2.47. The van der Waals surface area contributed by atoms with Crippen molar-refractivity contribution in [2.75, 3.05) is 0 Å². The summed E-state index contributed by atoms with van der Waals surface area (Å²) in [6, 6.07) is 9.67. The van der Waals surface area contributed by atoms with E-state index in [1.54, 1.807) is 0 Å². The number of hydrogen-bond donors (Lipinski definition) is 0. The molecule has 0 saturated heterocycles. The SMILES string of the molecule is Cc1cc2c(s1)-c1cc3c(cc1C2)-c1sc(C)cc1C3. The van der Waals surface area contributed by atoms with Crippen LogP contribution in [0, 0.1) is 13.8 Å². The zero-order chi connectivity index (χ0) is 13.4. The van der Waals surface area contributed by atoms with Crippen molar-refractivity contribution in [2.45, 2.75) is 26.7 Å². The average molecular weight is 294 g/mol. The number of fused-ring (bicyclic) bond motifs is 6. The zero-order valence-electron chi connectivity index (χ0n) is 11.5. The van der Waals surface area contributed by atoms with Crippen LogP contribution in [0.4, 0.5) is 0 Å². The summed E-state index contributed by atoms with van der Waals surface area (Å²) < 4.78 is 0. The van der Waals surface area contributed by atoms with E-state index in [-0.39, 0.29) is 0 Å². The number of hydrogen-bond acceptors (Lipinski definition) is 2. The lowest BCUT2D eigenvalue weighted by molar-refractivity contribution is 1.24. The lowest BCUT2D eigenvalue weighted by atomic mass is 10.0. The van der Waals surface area contributed by atoms with E-state index in [0.29, 0.717) is 0 Å². The second-order valence-corrected chi connectivity index (χ2v) is 8.46. The molecular weight excluding hydrogens is 280 g/mol. The maximum Gasteiger partial charge on any atom is 0.0383 e. The molecular formula is C18H14S2. The Hall–Kier alpha value is -1.38. The highest BCUT2D eigenvalue weighted by Gasteiger charge is 2.27. The standard InChI is InChI=1S/C18H14S2/c1-9-3-13-5-11-8-16-12(7-15(11)17(13)19-9)6-14-4-10(2)20-18(14)16/h3-4,7-8H,5-6H2,1-2H3. The molecule has 0 atom stereocenters. The largest absolute Gasteiger partial charge is 0.140 e. The summed E-state index contributed by atoms with van der Waals surface area (Å²) in [7, 11) is 0. The van der Waals surface area contributed by atoms with E-state index in [9.17, 15) is 0 Å². The Morgan fingerprint density at radius 1 is 0.650 bits per heavy atom. The van der Waals surface area contributed by atoms with Crippen LogP contribution in [-0.4, -0.2) is 0 Å². The Bertz CT molecular complexity index is 803. The summed E-state index contributed by atoms with van der Waals surface area (Å²) in [5, 5.41) is 0. The van der Waals surface area contributed by atoms with Crippen LogP contribution in [-0.2, 0) is 12.8 Å². The minimum Gasteiger partial charge on any atom is -0.140 e. The highest BCUT2D eigenvalue weighted by molar-refractivity contribution is 7.16. The van der Waals surface area contributed by atoms with Crippen molar-refractivity contribution >= 4 is 22.7 Å². The lowest BCUT2D eigenvalue weighted by Crippen LogP contribution is -1.86. The van der Waals surface area contributed by atoms with Crippen molar-refractivity contribution in [3.05, 3.63) is 56.3 Å². The van der Waals surface area contributed by atoms with Crippen LogP contribution in [0.3, 0.4) is 0 Å². The summed E-state index contributed by atoms with van der Waals surface area (Å²) in [5.41, 5.74) is 9.14. The molecule has 2 heteroatoms. The topological polar surface area (TPSA) is 0 Å². The fourth-order valence-electron chi connectivity index (χ4n) is 3.67. The second-order valence-electron chi connectivity index (χ2n) is 5.94. The van der Waals surface area contributed by atoms with Crippen molar-refractivity contribution in [1.29, 1.82) is 0 Å². The van der Waals surface area contributed by atoms with Gasteiger partial charge in [0, 0.05) is 19.5 Å². The molecule has 0 bridgehead atoms. The molecule has 20 heavy (non-hydrogen) atoms. The molecule has 2 heterocycles. The van der Waals surface area contributed by atoms with Gasteiger partial charge in [-0.2, -0.15) is 0 Å².